The largest absolute Gasteiger partial charge is 0.471 e. The van der Waals surface area contributed by atoms with Gasteiger partial charge in [-0.15, -0.1) is 0 Å². The minimum atomic E-state index is -0.463. The minimum absolute atomic E-state index is 0.125. The minimum Gasteiger partial charge on any atom is -0.471 e. The first kappa shape index (κ1) is 14.6. The van der Waals surface area contributed by atoms with Gasteiger partial charge in [0, 0.05) is 12.3 Å². The molecule has 0 unspecified atom stereocenters. The van der Waals surface area contributed by atoms with Gasteiger partial charge < -0.3 is 15.0 Å². The summed E-state index contributed by atoms with van der Waals surface area (Å²) in [4.78, 5) is 17.5. The molecule has 2 amide bonds. The number of nitrogens with zero attached hydrogens (tertiary/aromatic N) is 2. The molecule has 1 aliphatic rings. The second-order valence-corrected chi connectivity index (χ2v) is 5.31. The van der Waals surface area contributed by atoms with E-state index in [1.165, 1.54) is 23.2 Å². The van der Waals surface area contributed by atoms with Crippen molar-refractivity contribution in [3.05, 3.63) is 53.4 Å². The predicted octanol–water partition coefficient (Wildman–Crippen LogP) is 3.17. The molecule has 5 nitrogen and oxygen atoms in total. The highest BCUT2D eigenvalue weighted by molar-refractivity contribution is 6.30. The SMILES string of the molecule is O=C(Nc1ccccc1F)N1CC(Oc2ccc(Cl)cn2)C1. The first-order valence-corrected chi connectivity index (χ1v) is 7.08. The lowest BCUT2D eigenvalue weighted by atomic mass is 10.2. The van der Waals surface area contributed by atoms with Crippen LogP contribution in [-0.4, -0.2) is 35.1 Å². The molecule has 1 aromatic heterocycles. The summed E-state index contributed by atoms with van der Waals surface area (Å²) < 4.78 is 19.0. The van der Waals surface area contributed by atoms with Crippen LogP contribution < -0.4 is 10.1 Å². The highest BCUT2D eigenvalue weighted by Gasteiger charge is 2.32. The Balaban J connectivity index is 1.49. The summed E-state index contributed by atoms with van der Waals surface area (Å²) in [5.74, 6) is -0.00176. The Morgan fingerprint density at radius 1 is 1.32 bits per heavy atom. The fraction of sp³-hybridized carbons (Fsp3) is 0.200. The van der Waals surface area contributed by atoms with Gasteiger partial charge >= 0.3 is 6.03 Å². The zero-order valence-corrected chi connectivity index (χ0v) is 12.3. The Labute approximate surface area is 131 Å². The third-order valence-electron chi connectivity index (χ3n) is 3.24. The van der Waals surface area contributed by atoms with Crippen LogP contribution in [0, 0.1) is 5.82 Å². The van der Waals surface area contributed by atoms with Crippen molar-refractivity contribution < 1.29 is 13.9 Å². The van der Waals surface area contributed by atoms with Gasteiger partial charge in [0.05, 0.1) is 23.8 Å². The fourth-order valence-corrected chi connectivity index (χ4v) is 2.15. The van der Waals surface area contributed by atoms with Crippen LogP contribution in [0.25, 0.3) is 0 Å². The van der Waals surface area contributed by atoms with E-state index in [4.69, 9.17) is 16.3 Å². The number of rotatable bonds is 3. The summed E-state index contributed by atoms with van der Waals surface area (Å²) in [7, 11) is 0. The van der Waals surface area contributed by atoms with E-state index in [0.717, 1.165) is 0 Å². The van der Waals surface area contributed by atoms with Crippen LogP contribution in [0.4, 0.5) is 14.9 Å². The van der Waals surface area contributed by atoms with Gasteiger partial charge in [-0.2, -0.15) is 0 Å². The van der Waals surface area contributed by atoms with Gasteiger partial charge in [0.2, 0.25) is 5.88 Å². The maximum atomic E-state index is 13.5. The van der Waals surface area contributed by atoms with Gasteiger partial charge in [0.1, 0.15) is 11.9 Å². The quantitative estimate of drug-likeness (QED) is 0.944. The number of halogens is 2. The summed E-state index contributed by atoms with van der Waals surface area (Å²) >= 11 is 5.74. The molecule has 0 bridgehead atoms. The number of anilines is 1. The molecular weight excluding hydrogens is 309 g/mol. The second kappa shape index (κ2) is 6.19. The van der Waals surface area contributed by atoms with Crippen molar-refractivity contribution in [3.63, 3.8) is 0 Å². The molecule has 0 aliphatic carbocycles. The molecular formula is C15H13ClFN3O2. The van der Waals surface area contributed by atoms with E-state index >= 15 is 0 Å². The van der Waals surface area contributed by atoms with Crippen molar-refractivity contribution in [2.75, 3.05) is 18.4 Å². The lowest BCUT2D eigenvalue weighted by Crippen LogP contribution is -2.57. The van der Waals surface area contributed by atoms with Gasteiger partial charge in [0.25, 0.3) is 0 Å². The number of benzene rings is 1. The van der Waals surface area contributed by atoms with Gasteiger partial charge in [-0.3, -0.25) is 0 Å². The predicted molar refractivity (Wildman–Crippen MR) is 80.7 cm³/mol. The first-order chi connectivity index (χ1) is 10.6. The summed E-state index contributed by atoms with van der Waals surface area (Å²) in [5, 5.41) is 3.06. The smallest absolute Gasteiger partial charge is 0.322 e. The summed E-state index contributed by atoms with van der Waals surface area (Å²) in [6, 6.07) is 9.04. The number of amides is 2. The Morgan fingerprint density at radius 3 is 2.77 bits per heavy atom. The molecule has 1 aliphatic heterocycles. The van der Waals surface area contributed by atoms with Gasteiger partial charge in [0.15, 0.2) is 0 Å². The van der Waals surface area contributed by atoms with E-state index in [1.54, 1.807) is 24.3 Å². The molecule has 3 rings (SSSR count). The van der Waals surface area contributed by atoms with Crippen molar-refractivity contribution in [2.45, 2.75) is 6.10 Å². The van der Waals surface area contributed by atoms with Crippen LogP contribution in [0.5, 0.6) is 5.88 Å². The van der Waals surface area contributed by atoms with Crippen molar-refractivity contribution in [1.82, 2.24) is 9.88 Å². The Kier molecular flexibility index (Phi) is 4.11. The number of urea groups is 1. The summed E-state index contributed by atoms with van der Waals surface area (Å²) in [6.45, 7) is 0.842. The Hall–Kier alpha value is -2.34. The standard InChI is InChI=1S/C15H13ClFN3O2/c16-10-5-6-14(18-7-10)22-11-8-20(9-11)15(21)19-13-4-2-1-3-12(13)17/h1-7,11H,8-9H2,(H,19,21). The van der Waals surface area contributed by atoms with Crippen LogP contribution >= 0.6 is 11.6 Å². The lowest BCUT2D eigenvalue weighted by Gasteiger charge is -2.38. The fourth-order valence-electron chi connectivity index (χ4n) is 2.04. The van der Waals surface area contributed by atoms with Crippen LogP contribution in [0.15, 0.2) is 42.6 Å². The topological polar surface area (TPSA) is 54.5 Å². The molecule has 0 spiro atoms. The van der Waals surface area contributed by atoms with Gasteiger partial charge in [-0.1, -0.05) is 23.7 Å². The lowest BCUT2D eigenvalue weighted by molar-refractivity contribution is 0.0461. The third kappa shape index (κ3) is 3.28. The number of carbonyl (C=O) groups is 1. The number of pyridine rings is 1. The number of hydrogen-bond acceptors (Lipinski definition) is 3. The number of aromatic nitrogens is 1. The second-order valence-electron chi connectivity index (χ2n) is 4.87. The van der Waals surface area contributed by atoms with Gasteiger partial charge in [-0.05, 0) is 18.2 Å². The Morgan fingerprint density at radius 2 is 2.09 bits per heavy atom. The van der Waals surface area contributed by atoms with Crippen LogP contribution in [-0.2, 0) is 0 Å². The van der Waals surface area contributed by atoms with E-state index < -0.39 is 5.82 Å². The molecule has 1 N–H and O–H groups in total. The molecule has 7 heteroatoms. The van der Waals surface area contributed by atoms with Crippen LogP contribution in [0.1, 0.15) is 0 Å². The van der Waals surface area contributed by atoms with E-state index in [0.29, 0.717) is 24.0 Å². The molecule has 22 heavy (non-hydrogen) atoms. The highest BCUT2D eigenvalue weighted by Crippen LogP contribution is 2.19. The number of carbonyl (C=O) groups excluding carboxylic acids is 1. The maximum absolute atomic E-state index is 13.5. The normalized spacial score (nSPS) is 14.4. The molecule has 2 aromatic rings. The van der Waals surface area contributed by atoms with Crippen molar-refractivity contribution in [1.29, 1.82) is 0 Å². The van der Waals surface area contributed by atoms with Crippen molar-refractivity contribution in [3.8, 4) is 5.88 Å². The maximum Gasteiger partial charge on any atom is 0.322 e. The molecule has 114 valence electrons. The van der Waals surface area contributed by atoms with E-state index in [-0.39, 0.29) is 17.8 Å². The molecule has 1 aromatic carbocycles. The van der Waals surface area contributed by atoms with E-state index in [1.807, 2.05) is 0 Å². The van der Waals surface area contributed by atoms with Crippen LogP contribution in [0.3, 0.4) is 0 Å². The molecule has 2 heterocycles. The average Bonchev–Trinajstić information content (AvgIpc) is 2.46. The molecule has 1 fully saturated rings. The number of para-hydroxylation sites is 1. The average molecular weight is 322 g/mol. The first-order valence-electron chi connectivity index (χ1n) is 6.70. The molecule has 0 atom stereocenters. The van der Waals surface area contributed by atoms with Crippen LogP contribution in [0.2, 0.25) is 5.02 Å². The zero-order valence-electron chi connectivity index (χ0n) is 11.5. The molecule has 1 saturated heterocycles. The number of ether oxygens (including phenoxy) is 1. The van der Waals surface area contributed by atoms with E-state index in [2.05, 4.69) is 10.3 Å². The Bertz CT molecular complexity index is 675. The third-order valence-corrected chi connectivity index (χ3v) is 3.46. The van der Waals surface area contributed by atoms with Gasteiger partial charge in [-0.25, -0.2) is 14.2 Å². The highest BCUT2D eigenvalue weighted by atomic mass is 35.5. The molecule has 0 radical (unpaired) electrons. The van der Waals surface area contributed by atoms with E-state index in [9.17, 15) is 9.18 Å². The monoisotopic (exact) mass is 321 g/mol. The molecule has 0 saturated carbocycles. The summed E-state index contributed by atoms with van der Waals surface area (Å²) in [6.07, 6.45) is 1.37. The zero-order chi connectivity index (χ0) is 15.5. The number of likely N-dealkylation sites (tertiary alicyclic amines) is 1. The number of hydrogen-bond donors (Lipinski definition) is 1. The van der Waals surface area contributed by atoms with Crippen molar-refractivity contribution >= 4 is 23.3 Å². The van der Waals surface area contributed by atoms with Crippen molar-refractivity contribution in [2.24, 2.45) is 0 Å². The summed E-state index contributed by atoms with van der Waals surface area (Å²) in [5.41, 5.74) is 0.163. The number of nitrogens with one attached hydrogen (secondary N) is 1.